The second-order valence-corrected chi connectivity index (χ2v) is 3.97. The fourth-order valence-corrected chi connectivity index (χ4v) is 1.16. The average Bonchev–Trinajstić information content (AvgIpc) is 2.10. The molecule has 0 saturated heterocycles. The molecule has 14 heavy (non-hydrogen) atoms. The molecule has 0 fully saturated rings. The molecule has 1 rings (SSSR count). The van der Waals surface area contributed by atoms with E-state index in [1.165, 1.54) is 0 Å². The number of hydrogen-bond donors (Lipinski definition) is 1. The molecule has 0 bridgehead atoms. The molecule has 0 aliphatic carbocycles. The molecule has 1 aromatic rings. The molecule has 0 radical (unpaired) electrons. The standard InChI is InChI=1S/C11H18N2O/c1-9(2)4-6-12-10-5-7-13(3)11(14)8-10/h5,7-9,12H,4,6H2,1-3H3. The van der Waals surface area contributed by atoms with E-state index in [-0.39, 0.29) is 5.56 Å². The third-order valence-corrected chi connectivity index (χ3v) is 2.16. The van der Waals surface area contributed by atoms with Crippen molar-refractivity contribution in [2.24, 2.45) is 13.0 Å². The Hall–Kier alpha value is -1.25. The molecular weight excluding hydrogens is 176 g/mol. The zero-order valence-electron chi connectivity index (χ0n) is 9.08. The van der Waals surface area contributed by atoms with Crippen molar-refractivity contribution in [2.75, 3.05) is 11.9 Å². The van der Waals surface area contributed by atoms with Crippen molar-refractivity contribution in [3.63, 3.8) is 0 Å². The summed E-state index contributed by atoms with van der Waals surface area (Å²) in [7, 11) is 1.75. The molecule has 0 aliphatic heterocycles. The molecule has 3 heteroatoms. The Kier molecular flexibility index (Phi) is 3.74. The van der Waals surface area contributed by atoms with Gasteiger partial charge in [0.15, 0.2) is 0 Å². The van der Waals surface area contributed by atoms with Gasteiger partial charge in [-0.15, -0.1) is 0 Å². The van der Waals surface area contributed by atoms with Gasteiger partial charge in [-0.3, -0.25) is 4.79 Å². The lowest BCUT2D eigenvalue weighted by molar-refractivity contribution is 0.607. The molecule has 0 amide bonds. The second kappa shape index (κ2) is 4.84. The first-order valence-corrected chi connectivity index (χ1v) is 5.00. The molecule has 3 nitrogen and oxygen atoms in total. The Balaban J connectivity index is 2.52. The highest BCUT2D eigenvalue weighted by Gasteiger charge is 1.96. The number of nitrogens with one attached hydrogen (secondary N) is 1. The fraction of sp³-hybridized carbons (Fsp3) is 0.545. The third-order valence-electron chi connectivity index (χ3n) is 2.16. The molecule has 0 spiro atoms. The van der Waals surface area contributed by atoms with Gasteiger partial charge < -0.3 is 9.88 Å². The minimum absolute atomic E-state index is 0.0274. The van der Waals surface area contributed by atoms with Crippen LogP contribution in [0.3, 0.4) is 0 Å². The third kappa shape index (κ3) is 3.24. The molecule has 0 atom stereocenters. The maximum absolute atomic E-state index is 11.3. The van der Waals surface area contributed by atoms with Crippen LogP contribution in [0.1, 0.15) is 20.3 Å². The molecule has 0 saturated carbocycles. The van der Waals surface area contributed by atoms with Crippen LogP contribution >= 0.6 is 0 Å². The minimum Gasteiger partial charge on any atom is -0.385 e. The molecule has 0 aliphatic rings. The number of anilines is 1. The first-order valence-electron chi connectivity index (χ1n) is 5.00. The van der Waals surface area contributed by atoms with E-state index in [0.29, 0.717) is 5.92 Å². The SMILES string of the molecule is CC(C)CCNc1ccn(C)c(=O)c1. The lowest BCUT2D eigenvalue weighted by atomic mass is 10.1. The maximum Gasteiger partial charge on any atom is 0.252 e. The van der Waals surface area contributed by atoms with E-state index in [1.807, 2.05) is 6.07 Å². The fourth-order valence-electron chi connectivity index (χ4n) is 1.16. The Morgan fingerprint density at radius 3 is 2.79 bits per heavy atom. The normalized spacial score (nSPS) is 10.6. The zero-order valence-corrected chi connectivity index (χ0v) is 9.08. The van der Waals surface area contributed by atoms with Gasteiger partial charge in [0.25, 0.3) is 5.56 Å². The molecule has 78 valence electrons. The largest absolute Gasteiger partial charge is 0.385 e. The minimum atomic E-state index is 0.0274. The van der Waals surface area contributed by atoms with Crippen molar-refractivity contribution >= 4 is 5.69 Å². The number of rotatable bonds is 4. The van der Waals surface area contributed by atoms with E-state index >= 15 is 0 Å². The van der Waals surface area contributed by atoms with Gasteiger partial charge in [-0.1, -0.05) is 13.8 Å². The van der Waals surface area contributed by atoms with Gasteiger partial charge in [-0.25, -0.2) is 0 Å². The summed E-state index contributed by atoms with van der Waals surface area (Å²) in [4.78, 5) is 11.3. The van der Waals surface area contributed by atoms with Gasteiger partial charge in [0.1, 0.15) is 0 Å². The highest BCUT2D eigenvalue weighted by Crippen LogP contribution is 2.04. The van der Waals surface area contributed by atoms with Crippen LogP contribution in [0.2, 0.25) is 0 Å². The summed E-state index contributed by atoms with van der Waals surface area (Å²) in [5, 5.41) is 3.23. The van der Waals surface area contributed by atoms with Gasteiger partial charge >= 0.3 is 0 Å². The topological polar surface area (TPSA) is 34.0 Å². The highest BCUT2D eigenvalue weighted by molar-refractivity contribution is 5.40. The van der Waals surface area contributed by atoms with Crippen LogP contribution in [0.25, 0.3) is 0 Å². The van der Waals surface area contributed by atoms with Crippen LogP contribution in [0.15, 0.2) is 23.1 Å². The summed E-state index contributed by atoms with van der Waals surface area (Å²) in [6.45, 7) is 5.29. The highest BCUT2D eigenvalue weighted by atomic mass is 16.1. The molecular formula is C11H18N2O. The number of pyridine rings is 1. The van der Waals surface area contributed by atoms with E-state index in [4.69, 9.17) is 0 Å². The van der Waals surface area contributed by atoms with Crippen LogP contribution in [-0.2, 0) is 7.05 Å². The second-order valence-electron chi connectivity index (χ2n) is 3.97. The van der Waals surface area contributed by atoms with Crippen LogP contribution < -0.4 is 10.9 Å². The summed E-state index contributed by atoms with van der Waals surface area (Å²) < 4.78 is 1.56. The van der Waals surface area contributed by atoms with Gasteiger partial charge in [0, 0.05) is 31.5 Å². The summed E-state index contributed by atoms with van der Waals surface area (Å²) in [6, 6.07) is 3.54. The number of aryl methyl sites for hydroxylation is 1. The molecule has 0 aromatic carbocycles. The van der Waals surface area contributed by atoms with Crippen molar-refractivity contribution in [2.45, 2.75) is 20.3 Å². The van der Waals surface area contributed by atoms with Gasteiger partial charge in [-0.2, -0.15) is 0 Å². The summed E-state index contributed by atoms with van der Waals surface area (Å²) >= 11 is 0. The van der Waals surface area contributed by atoms with Crippen molar-refractivity contribution < 1.29 is 0 Å². The molecule has 1 N–H and O–H groups in total. The predicted octanol–water partition coefficient (Wildman–Crippen LogP) is 1.84. The smallest absolute Gasteiger partial charge is 0.252 e. The van der Waals surface area contributed by atoms with E-state index in [1.54, 1.807) is 23.9 Å². The number of nitrogens with zero attached hydrogens (tertiary/aromatic N) is 1. The van der Waals surface area contributed by atoms with E-state index < -0.39 is 0 Å². The monoisotopic (exact) mass is 194 g/mol. The van der Waals surface area contributed by atoms with Crippen LogP contribution in [0.5, 0.6) is 0 Å². The van der Waals surface area contributed by atoms with Crippen LogP contribution in [-0.4, -0.2) is 11.1 Å². The summed E-state index contributed by atoms with van der Waals surface area (Å²) in [6.07, 6.45) is 2.90. The Morgan fingerprint density at radius 1 is 1.50 bits per heavy atom. The first kappa shape index (κ1) is 10.8. The zero-order chi connectivity index (χ0) is 10.6. The van der Waals surface area contributed by atoms with E-state index in [0.717, 1.165) is 18.7 Å². The molecule has 1 heterocycles. The Labute approximate surface area is 84.8 Å². The van der Waals surface area contributed by atoms with Gasteiger partial charge in [0.05, 0.1) is 0 Å². The average molecular weight is 194 g/mol. The van der Waals surface area contributed by atoms with Crippen molar-refractivity contribution in [1.29, 1.82) is 0 Å². The lowest BCUT2D eigenvalue weighted by Crippen LogP contribution is -2.16. The van der Waals surface area contributed by atoms with Crippen molar-refractivity contribution in [1.82, 2.24) is 4.57 Å². The van der Waals surface area contributed by atoms with Crippen molar-refractivity contribution in [3.05, 3.63) is 28.7 Å². The molecule has 0 unspecified atom stereocenters. The van der Waals surface area contributed by atoms with Crippen LogP contribution in [0, 0.1) is 5.92 Å². The first-order chi connectivity index (χ1) is 6.59. The maximum atomic E-state index is 11.3. The Morgan fingerprint density at radius 2 is 2.21 bits per heavy atom. The van der Waals surface area contributed by atoms with Crippen LogP contribution in [0.4, 0.5) is 5.69 Å². The summed E-state index contributed by atoms with van der Waals surface area (Å²) in [5.74, 6) is 0.689. The predicted molar refractivity (Wildman–Crippen MR) is 59.6 cm³/mol. The van der Waals surface area contributed by atoms with E-state index in [2.05, 4.69) is 19.2 Å². The van der Waals surface area contributed by atoms with Crippen molar-refractivity contribution in [3.8, 4) is 0 Å². The van der Waals surface area contributed by atoms with E-state index in [9.17, 15) is 4.79 Å². The van der Waals surface area contributed by atoms with Gasteiger partial charge in [0.2, 0.25) is 0 Å². The quantitative estimate of drug-likeness (QED) is 0.793. The summed E-state index contributed by atoms with van der Waals surface area (Å²) in [5.41, 5.74) is 0.938. The molecule has 1 aromatic heterocycles. The number of hydrogen-bond acceptors (Lipinski definition) is 2. The van der Waals surface area contributed by atoms with Gasteiger partial charge in [-0.05, 0) is 18.4 Å². The Bertz CT molecular complexity index is 341. The lowest BCUT2D eigenvalue weighted by Gasteiger charge is -2.08. The number of aromatic nitrogens is 1.